The van der Waals surface area contributed by atoms with E-state index in [0.29, 0.717) is 6.42 Å². The Morgan fingerprint density at radius 3 is 2.70 bits per heavy atom. The first-order valence-corrected chi connectivity index (χ1v) is 7.30. The molecule has 0 fully saturated rings. The molecule has 2 nitrogen and oxygen atoms in total. The van der Waals surface area contributed by atoms with E-state index in [-0.39, 0.29) is 0 Å². The third kappa shape index (κ3) is 2.89. The van der Waals surface area contributed by atoms with Crippen LogP contribution in [-0.2, 0) is 6.42 Å². The summed E-state index contributed by atoms with van der Waals surface area (Å²) in [5.74, 6) is 0. The predicted molar refractivity (Wildman–Crippen MR) is 84.5 cm³/mol. The second-order valence-electron chi connectivity index (χ2n) is 4.77. The minimum atomic E-state index is -0.541. The van der Waals surface area contributed by atoms with Gasteiger partial charge in [-0.15, -0.1) is 0 Å². The van der Waals surface area contributed by atoms with E-state index in [2.05, 4.69) is 20.9 Å². The molecule has 2 aromatic carbocycles. The molecular weight excluding hydrogens is 314 g/mol. The van der Waals surface area contributed by atoms with Gasteiger partial charge in [0.25, 0.3) is 0 Å². The van der Waals surface area contributed by atoms with Crippen molar-refractivity contribution in [3.8, 4) is 0 Å². The Kier molecular flexibility index (Phi) is 3.81. The van der Waals surface area contributed by atoms with E-state index in [1.54, 1.807) is 0 Å². The standard InChI is InChI=1S/C17H14BrNO/c18-14-6-3-5-13(10-14)17(20)11-15-9-8-12-4-1-2-7-16(12)19-15/h1-10,17,20H,11H2. The number of aliphatic hydroxyl groups excluding tert-OH is 1. The molecule has 1 atom stereocenters. The molecule has 3 rings (SSSR count). The van der Waals surface area contributed by atoms with Gasteiger partial charge in [-0.25, -0.2) is 0 Å². The Bertz CT molecular complexity index is 742. The number of para-hydroxylation sites is 1. The quantitative estimate of drug-likeness (QED) is 0.779. The molecule has 0 radical (unpaired) electrons. The predicted octanol–water partition coefficient (Wildman–Crippen LogP) is 4.27. The maximum Gasteiger partial charge on any atom is 0.0845 e. The number of fused-ring (bicyclic) bond motifs is 1. The molecule has 1 heterocycles. The van der Waals surface area contributed by atoms with E-state index in [4.69, 9.17) is 0 Å². The van der Waals surface area contributed by atoms with Gasteiger partial charge in [-0.1, -0.05) is 52.3 Å². The maximum absolute atomic E-state index is 10.3. The zero-order valence-corrected chi connectivity index (χ0v) is 12.4. The average molecular weight is 328 g/mol. The number of aliphatic hydroxyl groups is 1. The Morgan fingerprint density at radius 1 is 1.00 bits per heavy atom. The monoisotopic (exact) mass is 327 g/mol. The fraction of sp³-hybridized carbons (Fsp3) is 0.118. The van der Waals surface area contributed by atoms with Gasteiger partial charge in [0.15, 0.2) is 0 Å². The highest BCUT2D eigenvalue weighted by Crippen LogP contribution is 2.22. The number of hydrogen-bond donors (Lipinski definition) is 1. The Morgan fingerprint density at radius 2 is 1.85 bits per heavy atom. The fourth-order valence-corrected chi connectivity index (χ4v) is 2.67. The minimum absolute atomic E-state index is 0.515. The van der Waals surface area contributed by atoms with Crippen molar-refractivity contribution < 1.29 is 5.11 Å². The summed E-state index contributed by atoms with van der Waals surface area (Å²) < 4.78 is 0.973. The van der Waals surface area contributed by atoms with Gasteiger partial charge in [-0.05, 0) is 29.8 Å². The first-order chi connectivity index (χ1) is 9.72. The van der Waals surface area contributed by atoms with E-state index in [1.807, 2.05) is 60.7 Å². The maximum atomic E-state index is 10.3. The van der Waals surface area contributed by atoms with Crippen LogP contribution < -0.4 is 0 Å². The van der Waals surface area contributed by atoms with Crippen LogP contribution in [0.3, 0.4) is 0 Å². The molecule has 1 aromatic heterocycles. The molecular formula is C17H14BrNO. The smallest absolute Gasteiger partial charge is 0.0845 e. The van der Waals surface area contributed by atoms with E-state index in [0.717, 1.165) is 26.6 Å². The third-order valence-corrected chi connectivity index (χ3v) is 3.79. The SMILES string of the molecule is OC(Cc1ccc2ccccc2n1)c1cccc(Br)c1. The van der Waals surface area contributed by atoms with Crippen molar-refractivity contribution in [1.82, 2.24) is 4.98 Å². The molecule has 0 aliphatic rings. The van der Waals surface area contributed by atoms with Gasteiger partial charge in [-0.3, -0.25) is 4.98 Å². The summed E-state index contributed by atoms with van der Waals surface area (Å²) in [6, 6.07) is 19.8. The fourth-order valence-electron chi connectivity index (χ4n) is 2.25. The van der Waals surface area contributed by atoms with E-state index >= 15 is 0 Å². The lowest BCUT2D eigenvalue weighted by Gasteiger charge is -2.11. The molecule has 20 heavy (non-hydrogen) atoms. The lowest BCUT2D eigenvalue weighted by atomic mass is 10.0. The van der Waals surface area contributed by atoms with Crippen molar-refractivity contribution in [2.75, 3.05) is 0 Å². The van der Waals surface area contributed by atoms with E-state index in [1.165, 1.54) is 0 Å². The normalized spacial score (nSPS) is 12.5. The molecule has 0 aliphatic heterocycles. The van der Waals surface area contributed by atoms with Gasteiger partial charge >= 0.3 is 0 Å². The summed E-state index contributed by atoms with van der Waals surface area (Å²) in [7, 11) is 0. The van der Waals surface area contributed by atoms with Gasteiger partial charge in [0, 0.05) is 22.0 Å². The molecule has 1 N–H and O–H groups in total. The summed E-state index contributed by atoms with van der Waals surface area (Å²) in [5.41, 5.74) is 2.76. The number of benzene rings is 2. The van der Waals surface area contributed by atoms with Crippen LogP contribution in [0, 0.1) is 0 Å². The van der Waals surface area contributed by atoms with Crippen molar-refractivity contribution >= 4 is 26.8 Å². The highest BCUT2D eigenvalue weighted by Gasteiger charge is 2.10. The molecule has 0 amide bonds. The summed E-state index contributed by atoms with van der Waals surface area (Å²) in [5, 5.41) is 11.4. The number of halogens is 1. The van der Waals surface area contributed by atoms with Gasteiger partial charge in [-0.2, -0.15) is 0 Å². The van der Waals surface area contributed by atoms with Crippen molar-refractivity contribution in [2.45, 2.75) is 12.5 Å². The first-order valence-electron chi connectivity index (χ1n) is 6.50. The number of nitrogens with zero attached hydrogens (tertiary/aromatic N) is 1. The number of aromatic nitrogens is 1. The summed E-state index contributed by atoms with van der Waals surface area (Å²) in [6.07, 6.45) is -0.0254. The van der Waals surface area contributed by atoms with Crippen LogP contribution in [0.4, 0.5) is 0 Å². The highest BCUT2D eigenvalue weighted by molar-refractivity contribution is 9.10. The number of rotatable bonds is 3. The van der Waals surface area contributed by atoms with Crippen LogP contribution in [0.25, 0.3) is 10.9 Å². The Hall–Kier alpha value is -1.71. The van der Waals surface area contributed by atoms with Gasteiger partial charge in [0.2, 0.25) is 0 Å². The van der Waals surface area contributed by atoms with Gasteiger partial charge in [0.05, 0.1) is 11.6 Å². The van der Waals surface area contributed by atoms with Crippen LogP contribution in [0.2, 0.25) is 0 Å². The number of hydrogen-bond acceptors (Lipinski definition) is 2. The summed E-state index contributed by atoms with van der Waals surface area (Å²) in [6.45, 7) is 0. The average Bonchev–Trinajstić information content (AvgIpc) is 2.47. The van der Waals surface area contributed by atoms with Crippen molar-refractivity contribution in [3.63, 3.8) is 0 Å². The van der Waals surface area contributed by atoms with Crippen LogP contribution in [0.5, 0.6) is 0 Å². The van der Waals surface area contributed by atoms with Gasteiger partial charge < -0.3 is 5.11 Å². The molecule has 3 aromatic rings. The first kappa shape index (κ1) is 13.3. The van der Waals surface area contributed by atoms with Gasteiger partial charge in [0.1, 0.15) is 0 Å². The molecule has 1 unspecified atom stereocenters. The largest absolute Gasteiger partial charge is 0.388 e. The molecule has 100 valence electrons. The van der Waals surface area contributed by atoms with Crippen molar-refractivity contribution in [2.24, 2.45) is 0 Å². The zero-order valence-electron chi connectivity index (χ0n) is 10.8. The Labute approximate surface area is 126 Å². The molecule has 0 bridgehead atoms. The molecule has 3 heteroatoms. The van der Waals surface area contributed by atoms with E-state index in [9.17, 15) is 5.11 Å². The minimum Gasteiger partial charge on any atom is -0.388 e. The van der Waals surface area contributed by atoms with Crippen LogP contribution in [0.15, 0.2) is 65.1 Å². The van der Waals surface area contributed by atoms with Crippen LogP contribution >= 0.6 is 15.9 Å². The lowest BCUT2D eigenvalue weighted by molar-refractivity contribution is 0.177. The Balaban J connectivity index is 1.85. The van der Waals surface area contributed by atoms with Crippen molar-refractivity contribution in [1.29, 1.82) is 0 Å². The summed E-state index contributed by atoms with van der Waals surface area (Å²) in [4.78, 5) is 4.59. The zero-order chi connectivity index (χ0) is 13.9. The topological polar surface area (TPSA) is 33.1 Å². The van der Waals surface area contributed by atoms with Crippen molar-refractivity contribution in [3.05, 3.63) is 76.4 Å². The molecule has 0 saturated carbocycles. The van der Waals surface area contributed by atoms with Crippen LogP contribution in [0.1, 0.15) is 17.4 Å². The third-order valence-electron chi connectivity index (χ3n) is 3.29. The van der Waals surface area contributed by atoms with Crippen LogP contribution in [-0.4, -0.2) is 10.1 Å². The summed E-state index contributed by atoms with van der Waals surface area (Å²) >= 11 is 3.42. The molecule has 0 spiro atoms. The second-order valence-corrected chi connectivity index (χ2v) is 5.69. The van der Waals surface area contributed by atoms with E-state index < -0.39 is 6.10 Å². The highest BCUT2D eigenvalue weighted by atomic mass is 79.9. The second kappa shape index (κ2) is 5.73. The lowest BCUT2D eigenvalue weighted by Crippen LogP contribution is -2.03. The number of pyridine rings is 1. The molecule has 0 aliphatic carbocycles. The molecule has 0 saturated heterocycles.